The van der Waals surface area contributed by atoms with E-state index >= 15 is 0 Å². The summed E-state index contributed by atoms with van der Waals surface area (Å²) < 4.78 is 44.6. The van der Waals surface area contributed by atoms with Crippen molar-refractivity contribution >= 4 is 21.2 Å². The number of alkyl halides is 3. The lowest BCUT2D eigenvalue weighted by molar-refractivity contribution is -0.151. The molecule has 0 rings (SSSR count). The largest absolute Gasteiger partial charge is 0.657 e. The molecule has 0 aromatic rings. The third kappa shape index (κ3) is 5.40. The van der Waals surface area contributed by atoms with Gasteiger partial charge in [0.15, 0.2) is 0 Å². The fraction of sp³-hybridized carbons (Fsp3) is 0.714. The highest BCUT2D eigenvalue weighted by Gasteiger charge is 2.54. The van der Waals surface area contributed by atoms with Gasteiger partial charge in [0.2, 0.25) is 0 Å². The average molecular weight is 243 g/mol. The van der Waals surface area contributed by atoms with E-state index in [1.807, 2.05) is 0 Å². The number of hydrogen-bond donors (Lipinski definition) is 0. The topological polar surface area (TPSA) is 52.6 Å². The van der Waals surface area contributed by atoms with E-state index in [0.717, 1.165) is 6.92 Å². The van der Waals surface area contributed by atoms with E-state index in [1.54, 1.807) is 0 Å². The fourth-order valence-electron chi connectivity index (χ4n) is 0.476. The Kier molecular flexibility index (Phi) is 4.79. The van der Waals surface area contributed by atoms with Crippen molar-refractivity contribution in [1.82, 2.24) is 0 Å². The standard InChI is InChI=1S/C7H10F3O4Si/c1-4(2)6(12)14-15(7(8,9)10)13-5(3)11/h4H,1-3H3. The Labute approximate surface area is 86.2 Å². The van der Waals surface area contributed by atoms with Crippen LogP contribution >= 0.6 is 0 Å². The molecular weight excluding hydrogens is 233 g/mol. The second-order valence-corrected chi connectivity index (χ2v) is 4.50. The van der Waals surface area contributed by atoms with Crippen LogP contribution in [0.25, 0.3) is 0 Å². The van der Waals surface area contributed by atoms with E-state index < -0.39 is 32.9 Å². The second-order valence-electron chi connectivity index (χ2n) is 2.95. The van der Waals surface area contributed by atoms with E-state index in [1.165, 1.54) is 13.8 Å². The van der Waals surface area contributed by atoms with Gasteiger partial charge >= 0.3 is 15.1 Å². The molecule has 0 fully saturated rings. The van der Waals surface area contributed by atoms with Gasteiger partial charge in [-0.1, -0.05) is 13.8 Å². The smallest absolute Gasteiger partial charge is 0.478 e. The lowest BCUT2D eigenvalue weighted by Crippen LogP contribution is -2.43. The molecule has 0 aromatic carbocycles. The summed E-state index contributed by atoms with van der Waals surface area (Å²) in [7, 11) is -3.90. The van der Waals surface area contributed by atoms with Crippen molar-refractivity contribution < 1.29 is 31.6 Å². The monoisotopic (exact) mass is 243 g/mol. The van der Waals surface area contributed by atoms with E-state index in [9.17, 15) is 22.8 Å². The van der Waals surface area contributed by atoms with Crippen LogP contribution in [-0.2, 0) is 18.4 Å². The minimum absolute atomic E-state index is 0.706. The molecule has 0 saturated carbocycles. The van der Waals surface area contributed by atoms with Crippen LogP contribution < -0.4 is 0 Å². The van der Waals surface area contributed by atoms with Crippen LogP contribution in [0.2, 0.25) is 0 Å². The quantitative estimate of drug-likeness (QED) is 0.702. The Hall–Kier alpha value is -1.05. The Morgan fingerprint density at radius 2 is 1.67 bits per heavy atom. The molecule has 0 aromatic heterocycles. The van der Waals surface area contributed by atoms with Crippen LogP contribution in [0, 0.1) is 5.92 Å². The van der Waals surface area contributed by atoms with Gasteiger partial charge in [0, 0.05) is 12.8 Å². The van der Waals surface area contributed by atoms with Gasteiger partial charge in [-0.05, 0) is 0 Å². The van der Waals surface area contributed by atoms with E-state index in [2.05, 4.69) is 8.85 Å². The van der Waals surface area contributed by atoms with Crippen LogP contribution in [0.15, 0.2) is 0 Å². The van der Waals surface area contributed by atoms with Crippen LogP contribution in [-0.4, -0.2) is 27.0 Å². The van der Waals surface area contributed by atoms with Gasteiger partial charge in [0.1, 0.15) is 0 Å². The highest BCUT2D eigenvalue weighted by molar-refractivity contribution is 6.51. The second kappa shape index (κ2) is 5.15. The zero-order chi connectivity index (χ0) is 12.2. The molecule has 4 nitrogen and oxygen atoms in total. The van der Waals surface area contributed by atoms with Crippen molar-refractivity contribution in [3.8, 4) is 0 Å². The molecule has 0 bridgehead atoms. The zero-order valence-corrected chi connectivity index (χ0v) is 9.34. The van der Waals surface area contributed by atoms with Crippen LogP contribution in [0.1, 0.15) is 20.8 Å². The molecule has 0 spiro atoms. The normalized spacial score (nSPS) is 11.7. The summed E-state index contributed by atoms with van der Waals surface area (Å²) in [5.41, 5.74) is 0. The highest BCUT2D eigenvalue weighted by Crippen LogP contribution is 2.21. The maximum atomic E-state index is 12.2. The van der Waals surface area contributed by atoms with Crippen molar-refractivity contribution in [3.63, 3.8) is 0 Å². The zero-order valence-electron chi connectivity index (χ0n) is 8.34. The maximum Gasteiger partial charge on any atom is 0.657 e. The Balaban J connectivity index is 4.52. The molecule has 0 aliphatic heterocycles. The van der Waals surface area contributed by atoms with Gasteiger partial charge in [0.05, 0.1) is 0 Å². The average Bonchev–Trinajstić information content (AvgIpc) is 2.00. The fourth-order valence-corrected chi connectivity index (χ4v) is 1.43. The van der Waals surface area contributed by atoms with Gasteiger partial charge < -0.3 is 8.85 Å². The van der Waals surface area contributed by atoms with Crippen LogP contribution in [0.5, 0.6) is 0 Å². The summed E-state index contributed by atoms with van der Waals surface area (Å²) in [6, 6.07) is 0. The first kappa shape index (κ1) is 13.9. The third-order valence-electron chi connectivity index (χ3n) is 1.13. The summed E-state index contributed by atoms with van der Waals surface area (Å²) in [6.07, 6.45) is 0. The predicted octanol–water partition coefficient (Wildman–Crippen LogP) is 1.34. The molecule has 0 amide bonds. The van der Waals surface area contributed by atoms with Crippen molar-refractivity contribution in [3.05, 3.63) is 0 Å². The molecule has 0 unspecified atom stereocenters. The van der Waals surface area contributed by atoms with E-state index in [4.69, 9.17) is 0 Å². The van der Waals surface area contributed by atoms with E-state index in [0.29, 0.717) is 0 Å². The molecule has 0 heterocycles. The van der Waals surface area contributed by atoms with Gasteiger partial charge in [-0.3, -0.25) is 9.59 Å². The summed E-state index contributed by atoms with van der Waals surface area (Å²) in [6.45, 7) is 3.58. The van der Waals surface area contributed by atoms with Crippen molar-refractivity contribution in [2.75, 3.05) is 0 Å². The van der Waals surface area contributed by atoms with Gasteiger partial charge in [-0.15, -0.1) is 0 Å². The third-order valence-corrected chi connectivity index (χ3v) is 2.45. The van der Waals surface area contributed by atoms with Crippen molar-refractivity contribution in [2.24, 2.45) is 5.92 Å². The first-order chi connectivity index (χ1) is 6.64. The number of carbonyl (C=O) groups is 2. The molecule has 0 N–H and O–H groups in total. The van der Waals surface area contributed by atoms with Crippen molar-refractivity contribution in [1.29, 1.82) is 0 Å². The van der Waals surface area contributed by atoms with Gasteiger partial charge in [-0.25, -0.2) is 0 Å². The molecule has 8 heteroatoms. The summed E-state index contributed by atoms with van der Waals surface area (Å²) in [5.74, 6) is -7.69. The molecule has 87 valence electrons. The number of rotatable bonds is 3. The SMILES string of the molecule is CC(=O)O[Si](OC(=O)C(C)C)C(F)(F)F. The van der Waals surface area contributed by atoms with Gasteiger partial charge in [-0.2, -0.15) is 13.2 Å². The Morgan fingerprint density at radius 3 is 1.93 bits per heavy atom. The minimum atomic E-state index is -4.82. The predicted molar refractivity (Wildman–Crippen MR) is 44.5 cm³/mol. The molecule has 0 aliphatic carbocycles. The van der Waals surface area contributed by atoms with Crippen LogP contribution in [0.3, 0.4) is 0 Å². The summed E-state index contributed by atoms with van der Waals surface area (Å²) >= 11 is 0. The number of hydrogen-bond acceptors (Lipinski definition) is 4. The first-order valence-corrected chi connectivity index (χ1v) is 5.30. The maximum absolute atomic E-state index is 12.2. The Morgan fingerprint density at radius 1 is 1.20 bits per heavy atom. The van der Waals surface area contributed by atoms with Gasteiger partial charge in [0.25, 0.3) is 11.9 Å². The van der Waals surface area contributed by atoms with Crippen LogP contribution in [0.4, 0.5) is 13.2 Å². The summed E-state index contributed by atoms with van der Waals surface area (Å²) in [5, 5.41) is 0. The number of carbonyl (C=O) groups excluding carboxylic acids is 2. The van der Waals surface area contributed by atoms with E-state index in [-0.39, 0.29) is 0 Å². The molecule has 15 heavy (non-hydrogen) atoms. The molecule has 0 aliphatic rings. The molecule has 1 radical (unpaired) electrons. The molecular formula is C7H10F3O4Si. The first-order valence-electron chi connectivity index (χ1n) is 3.99. The molecule has 0 atom stereocenters. The minimum Gasteiger partial charge on any atom is -0.478 e. The highest BCUT2D eigenvalue weighted by atomic mass is 28.3. The Bertz CT molecular complexity index is 251. The number of halogens is 3. The lowest BCUT2D eigenvalue weighted by Gasteiger charge is -2.16. The molecule has 0 saturated heterocycles. The van der Waals surface area contributed by atoms with Crippen molar-refractivity contribution in [2.45, 2.75) is 26.6 Å². The summed E-state index contributed by atoms with van der Waals surface area (Å²) in [4.78, 5) is 21.3. The lowest BCUT2D eigenvalue weighted by atomic mass is 10.2.